The van der Waals surface area contributed by atoms with E-state index in [1.807, 2.05) is 36.3 Å². The van der Waals surface area contributed by atoms with E-state index in [1.54, 1.807) is 20.8 Å². The van der Waals surface area contributed by atoms with Crippen molar-refractivity contribution in [1.82, 2.24) is 5.32 Å². The van der Waals surface area contributed by atoms with Crippen molar-refractivity contribution in [3.63, 3.8) is 0 Å². The molecule has 0 aliphatic heterocycles. The Morgan fingerprint density at radius 3 is 2.43 bits per heavy atom. The van der Waals surface area contributed by atoms with Crippen molar-refractivity contribution in [2.24, 2.45) is 0 Å². The van der Waals surface area contributed by atoms with E-state index in [0.29, 0.717) is 6.42 Å². The highest BCUT2D eigenvalue weighted by Crippen LogP contribution is 2.08. The Labute approximate surface area is 124 Å². The molecular formula is C16H19NO4. The zero-order chi connectivity index (χ0) is 15.9. The molecule has 0 saturated heterocycles. The van der Waals surface area contributed by atoms with Crippen LogP contribution >= 0.6 is 0 Å². The molecule has 0 spiro atoms. The minimum Gasteiger partial charge on any atom is -0.472 e. The van der Waals surface area contributed by atoms with Gasteiger partial charge in [-0.15, -0.1) is 0 Å². The molecule has 0 aliphatic carbocycles. The summed E-state index contributed by atoms with van der Waals surface area (Å²) < 4.78 is 5.15. The number of aliphatic carboxylic acids is 1. The summed E-state index contributed by atoms with van der Waals surface area (Å²) in [6.45, 7) is 5.26. The summed E-state index contributed by atoms with van der Waals surface area (Å²) in [4.78, 5) is 22.3. The van der Waals surface area contributed by atoms with Gasteiger partial charge in [0, 0.05) is 12.3 Å². The summed E-state index contributed by atoms with van der Waals surface area (Å²) in [6, 6.07) is 8.74. The minimum absolute atomic E-state index is 0.403. The number of carboxylic acids is 1. The van der Waals surface area contributed by atoms with E-state index < -0.39 is 23.7 Å². The molecule has 21 heavy (non-hydrogen) atoms. The lowest BCUT2D eigenvalue weighted by Crippen LogP contribution is -2.39. The standard InChI is InChI=1S/C16H19NO4/c1-16(2,3)21-15(20)17-13(9-10-14(18)19)11-12-7-5-4-6-8-12/h4-8,13H,11H2,1-3H3,(H,17,20)(H,18,19)/t13-/m1/s1. The lowest BCUT2D eigenvalue weighted by atomic mass is 10.1. The second-order valence-electron chi connectivity index (χ2n) is 5.46. The highest BCUT2D eigenvalue weighted by atomic mass is 16.6. The van der Waals surface area contributed by atoms with Crippen LogP contribution in [0.2, 0.25) is 0 Å². The monoisotopic (exact) mass is 289 g/mol. The minimum atomic E-state index is -1.24. The molecule has 0 radical (unpaired) electrons. The summed E-state index contributed by atoms with van der Waals surface area (Å²) >= 11 is 0. The van der Waals surface area contributed by atoms with Crippen LogP contribution in [-0.4, -0.2) is 28.8 Å². The van der Waals surface area contributed by atoms with Crippen molar-refractivity contribution in [1.29, 1.82) is 0 Å². The Balaban J connectivity index is 2.76. The van der Waals surface area contributed by atoms with E-state index in [1.165, 1.54) is 0 Å². The first-order chi connectivity index (χ1) is 9.76. The molecular weight excluding hydrogens is 270 g/mol. The Bertz CT molecular complexity index is 549. The molecule has 0 unspecified atom stereocenters. The lowest BCUT2D eigenvalue weighted by molar-refractivity contribution is -0.130. The van der Waals surface area contributed by atoms with Gasteiger partial charge in [-0.1, -0.05) is 36.3 Å². The van der Waals surface area contributed by atoms with Gasteiger partial charge in [-0.2, -0.15) is 0 Å². The van der Waals surface area contributed by atoms with E-state index >= 15 is 0 Å². The van der Waals surface area contributed by atoms with Crippen LogP contribution in [0.25, 0.3) is 0 Å². The highest BCUT2D eigenvalue weighted by molar-refractivity contribution is 5.86. The molecule has 0 heterocycles. The van der Waals surface area contributed by atoms with Crippen molar-refractivity contribution < 1.29 is 19.4 Å². The molecule has 112 valence electrons. The van der Waals surface area contributed by atoms with Crippen LogP contribution in [0, 0.1) is 11.8 Å². The lowest BCUT2D eigenvalue weighted by Gasteiger charge is -2.21. The van der Waals surface area contributed by atoms with E-state index in [4.69, 9.17) is 9.84 Å². The maximum absolute atomic E-state index is 11.8. The summed E-state index contributed by atoms with van der Waals surface area (Å²) in [5, 5.41) is 11.2. The number of ether oxygens (including phenoxy) is 1. The van der Waals surface area contributed by atoms with Crippen LogP contribution < -0.4 is 5.32 Å². The molecule has 5 heteroatoms. The van der Waals surface area contributed by atoms with Gasteiger partial charge in [-0.3, -0.25) is 0 Å². The third kappa shape index (κ3) is 7.63. The van der Waals surface area contributed by atoms with Crippen LogP contribution in [0.15, 0.2) is 30.3 Å². The number of alkyl carbamates (subject to hydrolysis) is 1. The van der Waals surface area contributed by atoms with Crippen molar-refractivity contribution in [2.45, 2.75) is 38.8 Å². The van der Waals surface area contributed by atoms with Gasteiger partial charge in [-0.25, -0.2) is 9.59 Å². The molecule has 0 aromatic heterocycles. The number of benzene rings is 1. The number of nitrogens with one attached hydrogen (secondary N) is 1. The molecule has 1 aromatic carbocycles. The number of carbonyl (C=O) groups excluding carboxylic acids is 1. The maximum atomic E-state index is 11.8. The maximum Gasteiger partial charge on any atom is 0.408 e. The van der Waals surface area contributed by atoms with Gasteiger partial charge in [0.25, 0.3) is 0 Å². The average Bonchev–Trinajstić information content (AvgIpc) is 2.34. The molecule has 1 atom stereocenters. The fourth-order valence-corrected chi connectivity index (χ4v) is 1.59. The Morgan fingerprint density at radius 2 is 1.90 bits per heavy atom. The van der Waals surface area contributed by atoms with Gasteiger partial charge in [0.05, 0.1) is 6.04 Å². The zero-order valence-corrected chi connectivity index (χ0v) is 12.3. The van der Waals surface area contributed by atoms with Crippen LogP contribution in [-0.2, 0) is 16.0 Å². The fourth-order valence-electron chi connectivity index (χ4n) is 1.59. The predicted molar refractivity (Wildman–Crippen MR) is 78.7 cm³/mol. The molecule has 1 aromatic rings. The molecule has 0 fully saturated rings. The molecule has 0 bridgehead atoms. The summed E-state index contributed by atoms with van der Waals surface area (Å²) in [7, 11) is 0. The van der Waals surface area contributed by atoms with Crippen LogP contribution in [0.4, 0.5) is 4.79 Å². The number of hydrogen-bond donors (Lipinski definition) is 2. The van der Waals surface area contributed by atoms with Gasteiger partial charge in [0.2, 0.25) is 0 Å². The van der Waals surface area contributed by atoms with Crippen LogP contribution in [0.1, 0.15) is 26.3 Å². The van der Waals surface area contributed by atoms with E-state index in [-0.39, 0.29) is 0 Å². The number of hydrogen-bond acceptors (Lipinski definition) is 3. The number of carboxylic acid groups (broad SMARTS) is 1. The van der Waals surface area contributed by atoms with Crippen molar-refractivity contribution in [3.8, 4) is 11.8 Å². The molecule has 0 aliphatic rings. The average molecular weight is 289 g/mol. The first kappa shape index (κ1) is 16.6. The quantitative estimate of drug-likeness (QED) is 0.837. The van der Waals surface area contributed by atoms with Crippen molar-refractivity contribution in [2.75, 3.05) is 0 Å². The summed E-state index contributed by atoms with van der Waals surface area (Å²) in [5.41, 5.74) is 0.319. The molecule has 1 rings (SSSR count). The molecule has 0 saturated carbocycles. The molecule has 5 nitrogen and oxygen atoms in total. The van der Waals surface area contributed by atoms with Crippen LogP contribution in [0.3, 0.4) is 0 Å². The Morgan fingerprint density at radius 1 is 1.29 bits per heavy atom. The largest absolute Gasteiger partial charge is 0.472 e. The fraction of sp³-hybridized carbons (Fsp3) is 0.375. The van der Waals surface area contributed by atoms with Crippen molar-refractivity contribution in [3.05, 3.63) is 35.9 Å². The number of carbonyl (C=O) groups is 2. The van der Waals surface area contributed by atoms with E-state index in [9.17, 15) is 9.59 Å². The molecule has 2 N–H and O–H groups in total. The second-order valence-corrected chi connectivity index (χ2v) is 5.46. The highest BCUT2D eigenvalue weighted by Gasteiger charge is 2.18. The third-order valence-electron chi connectivity index (χ3n) is 2.33. The first-order valence-electron chi connectivity index (χ1n) is 6.54. The van der Waals surface area contributed by atoms with Gasteiger partial charge < -0.3 is 15.2 Å². The van der Waals surface area contributed by atoms with Gasteiger partial charge in [0.15, 0.2) is 0 Å². The Kier molecular flexibility index (Phi) is 5.79. The van der Waals surface area contributed by atoms with E-state index in [0.717, 1.165) is 5.56 Å². The number of rotatable bonds is 3. The normalized spacial score (nSPS) is 11.8. The topological polar surface area (TPSA) is 75.6 Å². The van der Waals surface area contributed by atoms with E-state index in [2.05, 4.69) is 11.2 Å². The van der Waals surface area contributed by atoms with Crippen molar-refractivity contribution >= 4 is 12.1 Å². The predicted octanol–water partition coefficient (Wildman–Crippen LogP) is 2.21. The smallest absolute Gasteiger partial charge is 0.408 e. The SMILES string of the molecule is CC(C)(C)OC(=O)N[C@H](C#CC(=O)O)Cc1ccccc1. The summed E-state index contributed by atoms with van der Waals surface area (Å²) in [5.74, 6) is 3.32. The zero-order valence-electron chi connectivity index (χ0n) is 12.3. The Hall–Kier alpha value is -2.48. The molecule has 1 amide bonds. The third-order valence-corrected chi connectivity index (χ3v) is 2.33. The van der Waals surface area contributed by atoms with Gasteiger partial charge in [0.1, 0.15) is 5.60 Å². The van der Waals surface area contributed by atoms with Gasteiger partial charge in [-0.05, 0) is 26.3 Å². The van der Waals surface area contributed by atoms with Gasteiger partial charge >= 0.3 is 12.1 Å². The summed E-state index contributed by atoms with van der Waals surface area (Å²) in [6.07, 6.45) is -0.219. The first-order valence-corrected chi connectivity index (χ1v) is 6.54. The van der Waals surface area contributed by atoms with Crippen LogP contribution in [0.5, 0.6) is 0 Å². The number of amides is 1. The second kappa shape index (κ2) is 7.34.